The Balaban J connectivity index is 1.90. The second kappa shape index (κ2) is 6.63. The van der Waals surface area contributed by atoms with E-state index in [0.29, 0.717) is 13.0 Å². The minimum Gasteiger partial charge on any atom is -0.504 e. The van der Waals surface area contributed by atoms with Gasteiger partial charge in [-0.1, -0.05) is 13.0 Å². The number of phenols is 2. The number of carbonyl (C=O) groups is 1. The first-order chi connectivity index (χ1) is 10.0. The average molecular weight is 305 g/mol. The van der Waals surface area contributed by atoms with E-state index in [1.807, 2.05) is 13.0 Å². The summed E-state index contributed by atoms with van der Waals surface area (Å²) >= 11 is 1.53. The van der Waals surface area contributed by atoms with Crippen LogP contribution in [0.2, 0.25) is 0 Å². The first kappa shape index (κ1) is 15.4. The van der Waals surface area contributed by atoms with Crippen LogP contribution in [-0.2, 0) is 12.8 Å². The summed E-state index contributed by atoms with van der Waals surface area (Å²) in [6, 6.07) is 6.60. The molecule has 3 N–H and O–H groups in total. The van der Waals surface area contributed by atoms with Gasteiger partial charge in [0.1, 0.15) is 0 Å². The molecule has 1 aromatic carbocycles. The lowest BCUT2D eigenvalue weighted by molar-refractivity contribution is 0.0958. The van der Waals surface area contributed by atoms with Crippen LogP contribution >= 0.6 is 11.3 Å². The Labute approximate surface area is 128 Å². The van der Waals surface area contributed by atoms with Crippen LogP contribution in [0.25, 0.3) is 0 Å². The van der Waals surface area contributed by atoms with E-state index in [4.69, 9.17) is 0 Å². The van der Waals surface area contributed by atoms with Crippen molar-refractivity contribution >= 4 is 17.2 Å². The second-order valence-corrected chi connectivity index (χ2v) is 6.04. The highest BCUT2D eigenvalue weighted by molar-refractivity contribution is 7.14. The van der Waals surface area contributed by atoms with E-state index in [-0.39, 0.29) is 17.4 Å². The summed E-state index contributed by atoms with van der Waals surface area (Å²) in [7, 11) is 0. The molecule has 2 rings (SSSR count). The van der Waals surface area contributed by atoms with Gasteiger partial charge < -0.3 is 15.5 Å². The first-order valence-electron chi connectivity index (χ1n) is 6.89. The summed E-state index contributed by atoms with van der Waals surface area (Å²) in [5.74, 6) is -0.338. The Morgan fingerprint density at radius 3 is 2.62 bits per heavy atom. The molecule has 0 saturated heterocycles. The third-order valence-corrected chi connectivity index (χ3v) is 4.68. The average Bonchev–Trinajstić information content (AvgIpc) is 2.84. The highest BCUT2D eigenvalue weighted by Gasteiger charge is 2.11. The van der Waals surface area contributed by atoms with E-state index in [9.17, 15) is 15.0 Å². The fourth-order valence-corrected chi connectivity index (χ4v) is 3.15. The number of rotatable bonds is 5. The first-order valence-corrected chi connectivity index (χ1v) is 7.71. The Morgan fingerprint density at radius 2 is 2.00 bits per heavy atom. The Morgan fingerprint density at radius 1 is 1.24 bits per heavy atom. The molecule has 5 heteroatoms. The van der Waals surface area contributed by atoms with Crippen molar-refractivity contribution in [1.82, 2.24) is 5.32 Å². The topological polar surface area (TPSA) is 69.6 Å². The SMILES string of the molecule is CCc1sc(C(=O)NCCc2ccc(O)c(O)c2)cc1C. The maximum absolute atomic E-state index is 12.0. The van der Waals surface area contributed by atoms with Crippen molar-refractivity contribution in [3.8, 4) is 11.5 Å². The molecule has 0 aliphatic carbocycles. The van der Waals surface area contributed by atoms with Gasteiger partial charge in [0.2, 0.25) is 0 Å². The van der Waals surface area contributed by atoms with Crippen LogP contribution in [0.1, 0.15) is 32.6 Å². The number of amides is 1. The van der Waals surface area contributed by atoms with Gasteiger partial charge in [0.25, 0.3) is 5.91 Å². The van der Waals surface area contributed by atoms with Crippen LogP contribution in [-0.4, -0.2) is 22.7 Å². The van der Waals surface area contributed by atoms with E-state index >= 15 is 0 Å². The number of carbonyl (C=O) groups excluding carboxylic acids is 1. The molecule has 0 saturated carbocycles. The van der Waals surface area contributed by atoms with Gasteiger partial charge in [-0.2, -0.15) is 0 Å². The van der Waals surface area contributed by atoms with E-state index in [1.165, 1.54) is 28.3 Å². The van der Waals surface area contributed by atoms with Gasteiger partial charge in [-0.15, -0.1) is 11.3 Å². The number of hydrogen-bond donors (Lipinski definition) is 3. The molecule has 0 radical (unpaired) electrons. The van der Waals surface area contributed by atoms with Gasteiger partial charge in [-0.25, -0.2) is 0 Å². The molecule has 0 unspecified atom stereocenters. The lowest BCUT2D eigenvalue weighted by Crippen LogP contribution is -2.24. The Hall–Kier alpha value is -2.01. The largest absolute Gasteiger partial charge is 0.504 e. The zero-order chi connectivity index (χ0) is 15.4. The maximum atomic E-state index is 12.0. The molecule has 0 aliphatic rings. The van der Waals surface area contributed by atoms with Gasteiger partial charge in [0, 0.05) is 11.4 Å². The summed E-state index contributed by atoms with van der Waals surface area (Å²) < 4.78 is 0. The van der Waals surface area contributed by atoms with Crippen LogP contribution in [0.15, 0.2) is 24.3 Å². The molecular weight excluding hydrogens is 286 g/mol. The van der Waals surface area contributed by atoms with Gasteiger partial charge in [0.15, 0.2) is 11.5 Å². The smallest absolute Gasteiger partial charge is 0.261 e. The minimum atomic E-state index is -0.139. The van der Waals surface area contributed by atoms with Gasteiger partial charge in [-0.05, 0) is 49.1 Å². The molecule has 1 amide bonds. The van der Waals surface area contributed by atoms with E-state index in [2.05, 4.69) is 12.2 Å². The summed E-state index contributed by atoms with van der Waals surface area (Å²) in [5.41, 5.74) is 2.03. The molecule has 21 heavy (non-hydrogen) atoms. The Kier molecular flexibility index (Phi) is 4.85. The predicted molar refractivity (Wildman–Crippen MR) is 84.2 cm³/mol. The number of hydrogen-bond acceptors (Lipinski definition) is 4. The highest BCUT2D eigenvalue weighted by Crippen LogP contribution is 2.25. The van der Waals surface area contributed by atoms with Gasteiger partial charge >= 0.3 is 0 Å². The summed E-state index contributed by atoms with van der Waals surface area (Å²) in [4.78, 5) is 14.0. The van der Waals surface area contributed by atoms with Crippen LogP contribution < -0.4 is 5.32 Å². The number of phenolic OH excluding ortho intramolecular Hbond substituents is 2. The fraction of sp³-hybridized carbons (Fsp3) is 0.312. The predicted octanol–water partition coefficient (Wildman–Crippen LogP) is 3.00. The third kappa shape index (κ3) is 3.76. The number of nitrogens with one attached hydrogen (secondary N) is 1. The summed E-state index contributed by atoms with van der Waals surface area (Å²) in [6.07, 6.45) is 1.54. The van der Waals surface area contributed by atoms with Crippen molar-refractivity contribution in [3.63, 3.8) is 0 Å². The van der Waals surface area contributed by atoms with Crippen LogP contribution in [0.4, 0.5) is 0 Å². The quantitative estimate of drug-likeness (QED) is 0.744. The molecule has 1 heterocycles. The standard InChI is InChI=1S/C16H19NO3S/c1-3-14-10(2)8-15(21-14)16(20)17-7-6-11-4-5-12(18)13(19)9-11/h4-5,8-9,18-19H,3,6-7H2,1-2H3,(H,17,20). The summed E-state index contributed by atoms with van der Waals surface area (Å²) in [5, 5.41) is 21.5. The highest BCUT2D eigenvalue weighted by atomic mass is 32.1. The normalized spacial score (nSPS) is 10.6. The molecule has 1 aromatic heterocycles. The van der Waals surface area contributed by atoms with E-state index in [1.54, 1.807) is 6.07 Å². The second-order valence-electron chi connectivity index (χ2n) is 4.90. The summed E-state index contributed by atoms with van der Waals surface area (Å²) in [6.45, 7) is 4.59. The molecule has 4 nitrogen and oxygen atoms in total. The minimum absolute atomic E-state index is 0.0641. The number of benzene rings is 1. The number of aryl methyl sites for hydroxylation is 2. The molecule has 0 atom stereocenters. The van der Waals surface area contributed by atoms with Crippen molar-refractivity contribution < 1.29 is 15.0 Å². The van der Waals surface area contributed by atoms with Gasteiger partial charge in [0.05, 0.1) is 4.88 Å². The zero-order valence-electron chi connectivity index (χ0n) is 12.1. The zero-order valence-corrected chi connectivity index (χ0v) is 13.0. The van der Waals surface area contributed by atoms with Crippen LogP contribution in [0.3, 0.4) is 0 Å². The van der Waals surface area contributed by atoms with Crippen LogP contribution in [0.5, 0.6) is 11.5 Å². The molecule has 0 aliphatic heterocycles. The van der Waals surface area contributed by atoms with Crippen molar-refractivity contribution in [3.05, 3.63) is 45.1 Å². The van der Waals surface area contributed by atoms with E-state index < -0.39 is 0 Å². The fourth-order valence-electron chi connectivity index (χ4n) is 2.11. The van der Waals surface area contributed by atoms with Crippen molar-refractivity contribution in [2.45, 2.75) is 26.7 Å². The molecule has 0 spiro atoms. The molecule has 112 valence electrons. The van der Waals surface area contributed by atoms with Crippen molar-refractivity contribution in [2.75, 3.05) is 6.54 Å². The third-order valence-electron chi connectivity index (χ3n) is 3.30. The Bertz CT molecular complexity index is 649. The monoisotopic (exact) mass is 305 g/mol. The maximum Gasteiger partial charge on any atom is 0.261 e. The molecule has 2 aromatic rings. The van der Waals surface area contributed by atoms with E-state index in [0.717, 1.165) is 22.4 Å². The number of thiophene rings is 1. The van der Waals surface area contributed by atoms with Crippen LogP contribution in [0, 0.1) is 6.92 Å². The van der Waals surface area contributed by atoms with Gasteiger partial charge in [-0.3, -0.25) is 4.79 Å². The molecular formula is C16H19NO3S. The lowest BCUT2D eigenvalue weighted by atomic mass is 10.1. The lowest BCUT2D eigenvalue weighted by Gasteiger charge is -2.05. The van der Waals surface area contributed by atoms with Crippen molar-refractivity contribution in [1.29, 1.82) is 0 Å². The van der Waals surface area contributed by atoms with Crippen molar-refractivity contribution in [2.24, 2.45) is 0 Å². The molecule has 0 fully saturated rings. The number of aromatic hydroxyl groups is 2. The molecule has 0 bridgehead atoms.